The first-order valence-corrected chi connectivity index (χ1v) is 7.27. The molecule has 98 valence electrons. The topological polar surface area (TPSA) is 69.9 Å². The van der Waals surface area contributed by atoms with Crippen molar-refractivity contribution in [1.29, 1.82) is 0 Å². The summed E-state index contributed by atoms with van der Waals surface area (Å²) in [6, 6.07) is 0.400. The minimum absolute atomic E-state index is 0.00538. The molecule has 18 heavy (non-hydrogen) atoms. The maximum absolute atomic E-state index is 11.6. The highest BCUT2D eigenvalue weighted by atomic mass is 32.2. The van der Waals surface area contributed by atoms with Gasteiger partial charge in [-0.15, -0.1) is 5.10 Å². The van der Waals surface area contributed by atoms with Crippen LogP contribution in [0.15, 0.2) is 5.16 Å². The van der Waals surface area contributed by atoms with Crippen molar-refractivity contribution >= 4 is 17.7 Å². The summed E-state index contributed by atoms with van der Waals surface area (Å²) in [7, 11) is 0. The molecule has 2 atom stereocenters. The Morgan fingerprint density at radius 3 is 2.83 bits per heavy atom. The summed E-state index contributed by atoms with van der Waals surface area (Å²) in [5.74, 6) is -0.145. The summed E-state index contributed by atoms with van der Waals surface area (Å²) in [6.45, 7) is 1.92. The Bertz CT molecular complexity index is 444. The number of rotatable bonds is 3. The van der Waals surface area contributed by atoms with E-state index in [1.165, 1.54) is 24.6 Å². The first kappa shape index (κ1) is 12.0. The fourth-order valence-corrected chi connectivity index (χ4v) is 3.74. The van der Waals surface area contributed by atoms with E-state index in [0.29, 0.717) is 6.04 Å². The van der Waals surface area contributed by atoms with Gasteiger partial charge in [0, 0.05) is 6.42 Å². The summed E-state index contributed by atoms with van der Waals surface area (Å²) in [5, 5.41) is 12.4. The molecule has 1 aliphatic carbocycles. The summed E-state index contributed by atoms with van der Waals surface area (Å²) >= 11 is 1.44. The number of ether oxygens (including phenoxy) is 1. The Morgan fingerprint density at radius 2 is 2.17 bits per heavy atom. The fraction of sp³-hybridized carbons (Fsp3) is 0.818. The number of tetrazole rings is 1. The van der Waals surface area contributed by atoms with Crippen LogP contribution in [0.1, 0.15) is 45.1 Å². The van der Waals surface area contributed by atoms with Gasteiger partial charge in [-0.2, -0.15) is 0 Å². The van der Waals surface area contributed by atoms with Crippen LogP contribution in [0.25, 0.3) is 0 Å². The molecule has 1 aliphatic heterocycles. The lowest BCUT2D eigenvalue weighted by molar-refractivity contribution is -0.140. The molecular weight excluding hydrogens is 252 g/mol. The molecule has 1 aromatic heterocycles. The second-order valence-corrected chi connectivity index (χ2v) is 6.10. The van der Waals surface area contributed by atoms with Gasteiger partial charge in [-0.05, 0) is 30.2 Å². The largest absolute Gasteiger partial charge is 0.462 e. The van der Waals surface area contributed by atoms with Gasteiger partial charge in [-0.25, -0.2) is 4.68 Å². The van der Waals surface area contributed by atoms with Gasteiger partial charge < -0.3 is 4.74 Å². The Morgan fingerprint density at radius 1 is 1.39 bits per heavy atom. The smallest absolute Gasteiger partial charge is 0.319 e. The predicted octanol–water partition coefficient (Wildman–Crippen LogP) is 1.58. The van der Waals surface area contributed by atoms with Crippen molar-refractivity contribution < 1.29 is 9.53 Å². The number of hydrogen-bond acceptors (Lipinski definition) is 6. The van der Waals surface area contributed by atoms with Crippen molar-refractivity contribution in [2.24, 2.45) is 0 Å². The highest BCUT2D eigenvalue weighted by Gasteiger charge is 2.34. The monoisotopic (exact) mass is 268 g/mol. The molecule has 2 aliphatic rings. The lowest BCUT2D eigenvalue weighted by Gasteiger charge is -2.11. The van der Waals surface area contributed by atoms with Crippen molar-refractivity contribution in [2.75, 3.05) is 0 Å². The predicted molar refractivity (Wildman–Crippen MR) is 65.1 cm³/mol. The van der Waals surface area contributed by atoms with Crippen LogP contribution in [0.5, 0.6) is 0 Å². The molecule has 1 saturated carbocycles. The zero-order valence-corrected chi connectivity index (χ0v) is 11.1. The average molecular weight is 268 g/mol. The first-order valence-electron chi connectivity index (χ1n) is 6.39. The summed E-state index contributed by atoms with van der Waals surface area (Å²) < 4.78 is 7.03. The van der Waals surface area contributed by atoms with Gasteiger partial charge in [0.2, 0.25) is 5.16 Å². The molecule has 7 heteroatoms. The van der Waals surface area contributed by atoms with E-state index >= 15 is 0 Å². The number of thioether (sulfide) groups is 1. The lowest BCUT2D eigenvalue weighted by Crippen LogP contribution is -2.13. The van der Waals surface area contributed by atoms with Crippen LogP contribution in [-0.4, -0.2) is 37.5 Å². The summed E-state index contributed by atoms with van der Waals surface area (Å²) in [4.78, 5) is 11.6. The third-order valence-corrected chi connectivity index (χ3v) is 4.66. The van der Waals surface area contributed by atoms with Crippen molar-refractivity contribution in [3.8, 4) is 0 Å². The quantitative estimate of drug-likeness (QED) is 0.775. The number of nitrogens with zero attached hydrogens (tertiary/aromatic N) is 4. The van der Waals surface area contributed by atoms with Crippen molar-refractivity contribution in [3.63, 3.8) is 0 Å². The van der Waals surface area contributed by atoms with Gasteiger partial charge >= 0.3 is 5.97 Å². The van der Waals surface area contributed by atoms with E-state index in [-0.39, 0.29) is 17.3 Å². The van der Waals surface area contributed by atoms with Gasteiger partial charge in [0.25, 0.3) is 0 Å². The summed E-state index contributed by atoms with van der Waals surface area (Å²) in [5.41, 5.74) is 0. The molecule has 3 rings (SSSR count). The van der Waals surface area contributed by atoms with Crippen LogP contribution in [0.3, 0.4) is 0 Å². The lowest BCUT2D eigenvalue weighted by atomic mass is 10.3. The van der Waals surface area contributed by atoms with Crippen LogP contribution >= 0.6 is 11.8 Å². The molecule has 0 N–H and O–H groups in total. The van der Waals surface area contributed by atoms with Crippen LogP contribution < -0.4 is 0 Å². The maximum atomic E-state index is 11.6. The van der Waals surface area contributed by atoms with Crippen LogP contribution in [0, 0.1) is 0 Å². The van der Waals surface area contributed by atoms with E-state index in [1.54, 1.807) is 0 Å². The van der Waals surface area contributed by atoms with Crippen molar-refractivity contribution in [1.82, 2.24) is 20.2 Å². The normalized spacial score (nSPS) is 28.8. The molecular formula is C11H16N4O2S. The minimum atomic E-state index is -0.161. The fourth-order valence-electron chi connectivity index (χ4n) is 2.58. The van der Waals surface area contributed by atoms with E-state index in [0.717, 1.165) is 24.4 Å². The SMILES string of the molecule is C[C@@H]1C[C@H](Sc2nnnn2C2CCCC2)C(=O)O1. The first-order chi connectivity index (χ1) is 8.74. The number of esters is 1. The van der Waals surface area contributed by atoms with E-state index in [2.05, 4.69) is 15.5 Å². The standard InChI is InChI=1S/C11H16N4O2S/c1-7-6-9(10(16)17-7)18-11-12-13-14-15(11)8-4-2-3-5-8/h7-9H,2-6H2,1H3/t7-,9+/m1/s1. The third kappa shape index (κ3) is 2.23. The van der Waals surface area contributed by atoms with Gasteiger partial charge in [0.05, 0.1) is 6.04 Å². The van der Waals surface area contributed by atoms with E-state index < -0.39 is 0 Å². The van der Waals surface area contributed by atoms with Crippen LogP contribution in [-0.2, 0) is 9.53 Å². The molecule has 1 aromatic rings. The molecule has 0 bridgehead atoms. The van der Waals surface area contributed by atoms with Gasteiger partial charge in [-0.1, -0.05) is 24.6 Å². The molecule has 0 unspecified atom stereocenters. The molecule has 0 amide bonds. The second-order valence-electron chi connectivity index (χ2n) is 4.93. The molecule has 1 saturated heterocycles. The van der Waals surface area contributed by atoms with Crippen LogP contribution in [0.2, 0.25) is 0 Å². The second kappa shape index (κ2) is 4.87. The van der Waals surface area contributed by atoms with Crippen LogP contribution in [0.4, 0.5) is 0 Å². The van der Waals surface area contributed by atoms with E-state index in [1.807, 2.05) is 11.6 Å². The molecule has 2 heterocycles. The molecule has 0 spiro atoms. The number of hydrogen-bond donors (Lipinski definition) is 0. The third-order valence-electron chi connectivity index (χ3n) is 3.51. The Hall–Kier alpha value is -1.11. The highest BCUT2D eigenvalue weighted by Crippen LogP contribution is 2.35. The number of carbonyl (C=O) groups is 1. The van der Waals surface area contributed by atoms with E-state index in [9.17, 15) is 4.79 Å². The molecule has 0 radical (unpaired) electrons. The molecule has 0 aromatic carbocycles. The minimum Gasteiger partial charge on any atom is -0.462 e. The zero-order valence-electron chi connectivity index (χ0n) is 10.3. The zero-order chi connectivity index (χ0) is 12.5. The van der Waals surface area contributed by atoms with Crippen molar-refractivity contribution in [2.45, 2.75) is 61.6 Å². The average Bonchev–Trinajstić information content (AvgIpc) is 3.01. The molecule has 2 fully saturated rings. The van der Waals surface area contributed by atoms with Gasteiger partial charge in [0.15, 0.2) is 0 Å². The Labute approximate surface area is 109 Å². The van der Waals surface area contributed by atoms with Gasteiger partial charge in [0.1, 0.15) is 11.4 Å². The Balaban J connectivity index is 1.73. The summed E-state index contributed by atoms with van der Waals surface area (Å²) in [6.07, 6.45) is 5.47. The maximum Gasteiger partial charge on any atom is 0.319 e. The van der Waals surface area contributed by atoms with Gasteiger partial charge in [-0.3, -0.25) is 4.79 Å². The molecule has 6 nitrogen and oxygen atoms in total. The number of cyclic esters (lactones) is 1. The van der Waals surface area contributed by atoms with E-state index in [4.69, 9.17) is 4.74 Å². The highest BCUT2D eigenvalue weighted by molar-refractivity contribution is 8.00. The number of carbonyl (C=O) groups excluding carboxylic acids is 1. The number of aromatic nitrogens is 4. The van der Waals surface area contributed by atoms with Crippen molar-refractivity contribution in [3.05, 3.63) is 0 Å². The Kier molecular flexibility index (Phi) is 3.23.